The molecular weight excluding hydrogens is 304 g/mol. The third kappa shape index (κ3) is 3.27. The van der Waals surface area contributed by atoms with Crippen LogP contribution in [0.1, 0.15) is 47.5 Å². The monoisotopic (exact) mass is 328 g/mol. The Balaban J connectivity index is 1.67. The van der Waals surface area contributed by atoms with Crippen LogP contribution in [-0.2, 0) is 0 Å². The molecule has 1 fully saturated rings. The van der Waals surface area contributed by atoms with Crippen molar-refractivity contribution in [3.05, 3.63) is 41.2 Å². The lowest BCUT2D eigenvalue weighted by Gasteiger charge is -2.35. The minimum Gasteiger partial charge on any atom is -0.435 e. The maximum atomic E-state index is 12.7. The summed E-state index contributed by atoms with van der Waals surface area (Å²) in [6.07, 6.45) is 1.83. The van der Waals surface area contributed by atoms with Crippen LogP contribution in [0.3, 0.4) is 0 Å². The molecule has 0 saturated carbocycles. The first kappa shape index (κ1) is 16.5. The molecule has 6 nitrogen and oxygen atoms in total. The molecule has 0 spiro atoms. The number of piperazine rings is 1. The highest BCUT2D eigenvalue weighted by Gasteiger charge is 2.27. The van der Waals surface area contributed by atoms with Gasteiger partial charge in [-0.15, -0.1) is 0 Å². The Kier molecular flexibility index (Phi) is 4.55. The Hall–Kier alpha value is -2.37. The number of nitrogens with zero attached hydrogens (tertiary/aromatic N) is 4. The summed E-state index contributed by atoms with van der Waals surface area (Å²) in [4.78, 5) is 25.5. The smallest absolute Gasteiger partial charge is 0.291 e. The third-order valence-electron chi connectivity index (χ3n) is 4.29. The van der Waals surface area contributed by atoms with Gasteiger partial charge in [0, 0.05) is 38.3 Å². The van der Waals surface area contributed by atoms with Crippen LogP contribution in [0.2, 0.25) is 0 Å². The highest BCUT2D eigenvalue weighted by molar-refractivity contribution is 5.92. The molecule has 0 radical (unpaired) electrons. The molecule has 0 bridgehead atoms. The summed E-state index contributed by atoms with van der Waals surface area (Å²) in [5, 5.41) is 0. The van der Waals surface area contributed by atoms with E-state index in [2.05, 4.69) is 27.9 Å². The minimum atomic E-state index is -0.0660. The highest BCUT2D eigenvalue weighted by Crippen LogP contribution is 2.21. The van der Waals surface area contributed by atoms with Crippen LogP contribution >= 0.6 is 0 Å². The minimum absolute atomic E-state index is 0.0660. The van der Waals surface area contributed by atoms with Crippen molar-refractivity contribution in [2.45, 2.75) is 33.6 Å². The van der Waals surface area contributed by atoms with Gasteiger partial charge in [-0.2, -0.15) is 0 Å². The maximum absolute atomic E-state index is 12.7. The van der Waals surface area contributed by atoms with Gasteiger partial charge in [-0.1, -0.05) is 13.8 Å². The maximum Gasteiger partial charge on any atom is 0.291 e. The first-order chi connectivity index (χ1) is 11.5. The van der Waals surface area contributed by atoms with Crippen molar-refractivity contribution in [2.75, 3.05) is 31.1 Å². The third-order valence-corrected chi connectivity index (χ3v) is 4.29. The van der Waals surface area contributed by atoms with Gasteiger partial charge >= 0.3 is 0 Å². The molecule has 2 aromatic heterocycles. The number of amides is 1. The van der Waals surface area contributed by atoms with Gasteiger partial charge in [-0.25, -0.2) is 9.97 Å². The van der Waals surface area contributed by atoms with E-state index >= 15 is 0 Å². The van der Waals surface area contributed by atoms with Gasteiger partial charge in [-0.05, 0) is 31.5 Å². The topological polar surface area (TPSA) is 62.5 Å². The van der Waals surface area contributed by atoms with Gasteiger partial charge in [0.1, 0.15) is 5.82 Å². The van der Waals surface area contributed by atoms with Gasteiger partial charge in [0.2, 0.25) is 5.76 Å². The molecule has 1 aliphatic heterocycles. The molecule has 24 heavy (non-hydrogen) atoms. The molecule has 0 aromatic carbocycles. The van der Waals surface area contributed by atoms with Crippen molar-refractivity contribution in [3.63, 3.8) is 0 Å². The van der Waals surface area contributed by atoms with E-state index in [1.165, 1.54) is 5.56 Å². The van der Waals surface area contributed by atoms with Crippen molar-refractivity contribution in [2.24, 2.45) is 0 Å². The zero-order valence-electron chi connectivity index (χ0n) is 14.7. The number of pyridine rings is 1. The van der Waals surface area contributed by atoms with Gasteiger partial charge in [0.05, 0.1) is 5.69 Å². The molecule has 0 aliphatic carbocycles. The number of rotatable bonds is 3. The highest BCUT2D eigenvalue weighted by atomic mass is 16.4. The molecule has 6 heteroatoms. The van der Waals surface area contributed by atoms with E-state index in [0.717, 1.165) is 18.9 Å². The van der Waals surface area contributed by atoms with Gasteiger partial charge in [0.15, 0.2) is 5.89 Å². The van der Waals surface area contributed by atoms with Crippen LogP contribution in [0.4, 0.5) is 5.82 Å². The molecule has 1 aliphatic rings. The van der Waals surface area contributed by atoms with E-state index in [0.29, 0.717) is 30.4 Å². The lowest BCUT2D eigenvalue weighted by Crippen LogP contribution is -2.49. The molecule has 3 heterocycles. The van der Waals surface area contributed by atoms with Crippen LogP contribution < -0.4 is 4.90 Å². The number of carbonyl (C=O) groups is 1. The lowest BCUT2D eigenvalue weighted by molar-refractivity contribution is 0.0711. The number of oxazole rings is 1. The predicted octanol–water partition coefficient (Wildman–Crippen LogP) is 2.77. The van der Waals surface area contributed by atoms with Crippen molar-refractivity contribution in [1.29, 1.82) is 0 Å². The number of anilines is 1. The Morgan fingerprint density at radius 3 is 2.50 bits per heavy atom. The Labute approximate surface area is 142 Å². The number of hydrogen-bond donors (Lipinski definition) is 0. The summed E-state index contributed by atoms with van der Waals surface area (Å²) in [6.45, 7) is 10.8. The number of hydrogen-bond acceptors (Lipinski definition) is 5. The first-order valence-corrected chi connectivity index (χ1v) is 8.40. The summed E-state index contributed by atoms with van der Waals surface area (Å²) in [5.74, 6) is 2.08. The van der Waals surface area contributed by atoms with Crippen molar-refractivity contribution >= 4 is 11.7 Å². The fourth-order valence-electron chi connectivity index (χ4n) is 2.84. The second kappa shape index (κ2) is 6.63. The molecule has 0 unspecified atom stereocenters. The molecular formula is C18H24N4O2. The van der Waals surface area contributed by atoms with Crippen LogP contribution in [0.15, 0.2) is 22.7 Å². The number of aromatic nitrogens is 2. The van der Waals surface area contributed by atoms with Crippen LogP contribution in [0.5, 0.6) is 0 Å². The van der Waals surface area contributed by atoms with Crippen LogP contribution in [0.25, 0.3) is 0 Å². The zero-order valence-corrected chi connectivity index (χ0v) is 14.7. The quantitative estimate of drug-likeness (QED) is 0.867. The van der Waals surface area contributed by atoms with E-state index in [9.17, 15) is 4.79 Å². The van der Waals surface area contributed by atoms with Crippen LogP contribution in [0, 0.1) is 13.8 Å². The van der Waals surface area contributed by atoms with Gasteiger partial charge < -0.3 is 14.2 Å². The number of carbonyl (C=O) groups excluding carboxylic acids is 1. The first-order valence-electron chi connectivity index (χ1n) is 8.40. The fraction of sp³-hybridized carbons (Fsp3) is 0.500. The normalized spacial score (nSPS) is 15.2. The molecule has 2 aromatic rings. The average Bonchev–Trinajstić information content (AvgIpc) is 2.96. The van der Waals surface area contributed by atoms with Crippen molar-refractivity contribution < 1.29 is 9.21 Å². The molecule has 1 amide bonds. The molecule has 1 saturated heterocycles. The summed E-state index contributed by atoms with van der Waals surface area (Å²) >= 11 is 0. The summed E-state index contributed by atoms with van der Waals surface area (Å²) < 4.78 is 5.69. The van der Waals surface area contributed by atoms with E-state index in [4.69, 9.17) is 4.42 Å². The second-order valence-corrected chi connectivity index (χ2v) is 6.59. The molecule has 0 atom stereocenters. The summed E-state index contributed by atoms with van der Waals surface area (Å²) in [5.41, 5.74) is 1.86. The largest absolute Gasteiger partial charge is 0.435 e. The summed E-state index contributed by atoms with van der Waals surface area (Å²) in [6, 6.07) is 4.06. The van der Waals surface area contributed by atoms with Gasteiger partial charge in [0.25, 0.3) is 5.91 Å². The summed E-state index contributed by atoms with van der Waals surface area (Å²) in [7, 11) is 0. The Morgan fingerprint density at radius 1 is 1.21 bits per heavy atom. The van der Waals surface area contributed by atoms with E-state index < -0.39 is 0 Å². The number of aryl methyl sites for hydroxylation is 2. The van der Waals surface area contributed by atoms with E-state index in [1.54, 1.807) is 0 Å². The van der Waals surface area contributed by atoms with E-state index in [1.807, 2.05) is 37.9 Å². The molecule has 128 valence electrons. The standard InChI is InChI=1S/C18H24N4O2/c1-12(2)17-20-14(4)16(24-17)18(23)22-9-7-21(8-10-22)15-11-13(3)5-6-19-15/h5-6,11-12H,7-10H2,1-4H3. The molecule has 3 rings (SSSR count). The fourth-order valence-corrected chi connectivity index (χ4v) is 2.84. The average molecular weight is 328 g/mol. The zero-order chi connectivity index (χ0) is 17.3. The predicted molar refractivity (Wildman–Crippen MR) is 92.4 cm³/mol. The van der Waals surface area contributed by atoms with E-state index in [-0.39, 0.29) is 11.8 Å². The van der Waals surface area contributed by atoms with Gasteiger partial charge in [-0.3, -0.25) is 4.79 Å². The molecule has 0 N–H and O–H groups in total. The van der Waals surface area contributed by atoms with Crippen molar-refractivity contribution in [3.8, 4) is 0 Å². The van der Waals surface area contributed by atoms with Crippen LogP contribution in [-0.4, -0.2) is 47.0 Å². The Bertz CT molecular complexity index is 730. The SMILES string of the molecule is Cc1ccnc(N2CCN(C(=O)c3oc(C(C)C)nc3C)CC2)c1. The lowest BCUT2D eigenvalue weighted by atomic mass is 10.2. The van der Waals surface area contributed by atoms with Crippen molar-refractivity contribution in [1.82, 2.24) is 14.9 Å². The second-order valence-electron chi connectivity index (χ2n) is 6.59. The Morgan fingerprint density at radius 2 is 1.92 bits per heavy atom.